The van der Waals surface area contributed by atoms with Gasteiger partial charge in [-0.2, -0.15) is 0 Å². The number of aryl methyl sites for hydroxylation is 2. The number of para-hydroxylation sites is 1. The predicted octanol–water partition coefficient (Wildman–Crippen LogP) is 4.19. The Kier molecular flexibility index (Phi) is 6.99. The lowest BCUT2D eigenvalue weighted by atomic mass is 10.1. The van der Waals surface area contributed by atoms with Crippen molar-refractivity contribution in [2.45, 2.75) is 40.7 Å². The van der Waals surface area contributed by atoms with Gasteiger partial charge in [0, 0.05) is 24.3 Å². The van der Waals surface area contributed by atoms with E-state index >= 15 is 0 Å². The SMILES string of the molecule is CCN(CC)C(=O)c1ccc(NC(=O)C(C)Oc2c(C)cccc2C)cc1. The molecule has 1 unspecified atom stereocenters. The number of ether oxygens (including phenoxy) is 1. The summed E-state index contributed by atoms with van der Waals surface area (Å²) in [5, 5.41) is 2.84. The molecule has 0 aliphatic rings. The van der Waals surface area contributed by atoms with Crippen molar-refractivity contribution in [1.82, 2.24) is 4.90 Å². The van der Waals surface area contributed by atoms with Crippen molar-refractivity contribution >= 4 is 17.5 Å². The highest BCUT2D eigenvalue weighted by molar-refractivity contribution is 5.96. The Morgan fingerprint density at radius 3 is 2.07 bits per heavy atom. The predicted molar refractivity (Wildman–Crippen MR) is 108 cm³/mol. The van der Waals surface area contributed by atoms with E-state index in [1.165, 1.54) is 0 Å². The Bertz CT molecular complexity index is 775. The Hall–Kier alpha value is -2.82. The maximum Gasteiger partial charge on any atom is 0.265 e. The van der Waals surface area contributed by atoms with E-state index in [9.17, 15) is 9.59 Å². The van der Waals surface area contributed by atoms with Crippen LogP contribution in [-0.4, -0.2) is 35.9 Å². The van der Waals surface area contributed by atoms with Crippen LogP contribution in [0.15, 0.2) is 42.5 Å². The Labute approximate surface area is 161 Å². The molecular formula is C22H28N2O3. The molecule has 0 radical (unpaired) electrons. The summed E-state index contributed by atoms with van der Waals surface area (Å²) < 4.78 is 5.86. The van der Waals surface area contributed by atoms with Gasteiger partial charge in [-0.3, -0.25) is 9.59 Å². The second-order valence-corrected chi connectivity index (χ2v) is 6.53. The number of nitrogens with one attached hydrogen (secondary N) is 1. The fraction of sp³-hybridized carbons (Fsp3) is 0.364. The summed E-state index contributed by atoms with van der Waals surface area (Å²) >= 11 is 0. The fourth-order valence-electron chi connectivity index (χ4n) is 2.85. The molecule has 0 bridgehead atoms. The molecule has 2 aromatic carbocycles. The number of carbonyl (C=O) groups excluding carboxylic acids is 2. The number of carbonyl (C=O) groups is 2. The van der Waals surface area contributed by atoms with Crippen LogP contribution in [0.25, 0.3) is 0 Å². The van der Waals surface area contributed by atoms with Gasteiger partial charge in [-0.05, 0) is 70.0 Å². The summed E-state index contributed by atoms with van der Waals surface area (Å²) in [6.45, 7) is 10.9. The summed E-state index contributed by atoms with van der Waals surface area (Å²) in [7, 11) is 0. The number of hydrogen-bond donors (Lipinski definition) is 1. The standard InChI is InChI=1S/C22H28N2O3/c1-6-24(7-2)22(26)18-11-13-19(14-12-18)23-21(25)17(5)27-20-15(3)9-8-10-16(20)4/h8-14,17H,6-7H2,1-5H3,(H,23,25). The molecule has 144 valence electrons. The minimum Gasteiger partial charge on any atom is -0.480 e. The van der Waals surface area contributed by atoms with Crippen molar-refractivity contribution in [2.75, 3.05) is 18.4 Å². The molecule has 5 heteroatoms. The third-order valence-electron chi connectivity index (χ3n) is 4.52. The molecule has 1 N–H and O–H groups in total. The van der Waals surface area contributed by atoms with Gasteiger partial charge in [-0.25, -0.2) is 0 Å². The number of rotatable bonds is 7. The van der Waals surface area contributed by atoms with Crippen LogP contribution in [0.5, 0.6) is 5.75 Å². The first-order valence-corrected chi connectivity index (χ1v) is 9.30. The van der Waals surface area contributed by atoms with E-state index < -0.39 is 6.10 Å². The van der Waals surface area contributed by atoms with Crippen LogP contribution in [0.1, 0.15) is 42.3 Å². The van der Waals surface area contributed by atoms with E-state index in [0.717, 1.165) is 16.9 Å². The third kappa shape index (κ3) is 5.09. The Balaban J connectivity index is 2.02. The molecule has 5 nitrogen and oxygen atoms in total. The maximum absolute atomic E-state index is 12.4. The van der Waals surface area contributed by atoms with E-state index in [2.05, 4.69) is 5.32 Å². The number of amides is 2. The molecule has 0 saturated heterocycles. The van der Waals surface area contributed by atoms with Crippen LogP contribution in [0, 0.1) is 13.8 Å². The minimum absolute atomic E-state index is 0.00962. The zero-order valence-electron chi connectivity index (χ0n) is 16.7. The molecular weight excluding hydrogens is 340 g/mol. The minimum atomic E-state index is -0.637. The summed E-state index contributed by atoms with van der Waals surface area (Å²) in [6.07, 6.45) is -0.637. The van der Waals surface area contributed by atoms with E-state index in [0.29, 0.717) is 24.3 Å². The van der Waals surface area contributed by atoms with Crippen molar-refractivity contribution in [3.05, 3.63) is 59.2 Å². The van der Waals surface area contributed by atoms with Crippen molar-refractivity contribution in [3.8, 4) is 5.75 Å². The molecule has 1 atom stereocenters. The van der Waals surface area contributed by atoms with Gasteiger partial charge in [0.15, 0.2) is 6.10 Å². The van der Waals surface area contributed by atoms with Gasteiger partial charge in [0.2, 0.25) is 0 Å². The van der Waals surface area contributed by atoms with Gasteiger partial charge in [0.25, 0.3) is 11.8 Å². The summed E-state index contributed by atoms with van der Waals surface area (Å²) in [4.78, 5) is 26.5. The third-order valence-corrected chi connectivity index (χ3v) is 4.52. The van der Waals surface area contributed by atoms with E-state index in [1.54, 1.807) is 36.1 Å². The largest absolute Gasteiger partial charge is 0.480 e. The van der Waals surface area contributed by atoms with Gasteiger partial charge < -0.3 is 15.0 Å². The zero-order valence-corrected chi connectivity index (χ0v) is 16.7. The summed E-state index contributed by atoms with van der Waals surface area (Å²) in [5.74, 6) is 0.491. The lowest BCUT2D eigenvalue weighted by Crippen LogP contribution is -2.31. The molecule has 0 heterocycles. The van der Waals surface area contributed by atoms with E-state index in [-0.39, 0.29) is 11.8 Å². The van der Waals surface area contributed by atoms with Crippen LogP contribution in [0.3, 0.4) is 0 Å². The van der Waals surface area contributed by atoms with Crippen LogP contribution < -0.4 is 10.1 Å². The lowest BCUT2D eigenvalue weighted by Gasteiger charge is -2.19. The van der Waals surface area contributed by atoms with Crippen LogP contribution in [0.4, 0.5) is 5.69 Å². The van der Waals surface area contributed by atoms with Gasteiger partial charge >= 0.3 is 0 Å². The van der Waals surface area contributed by atoms with Crippen LogP contribution in [0.2, 0.25) is 0 Å². The second-order valence-electron chi connectivity index (χ2n) is 6.53. The van der Waals surface area contributed by atoms with Crippen LogP contribution >= 0.6 is 0 Å². The number of anilines is 1. The molecule has 0 aliphatic carbocycles. The Morgan fingerprint density at radius 2 is 1.56 bits per heavy atom. The first-order valence-electron chi connectivity index (χ1n) is 9.30. The monoisotopic (exact) mass is 368 g/mol. The molecule has 0 saturated carbocycles. The molecule has 0 fully saturated rings. The fourth-order valence-corrected chi connectivity index (χ4v) is 2.85. The normalized spacial score (nSPS) is 11.6. The van der Waals surface area contributed by atoms with Crippen molar-refractivity contribution in [1.29, 1.82) is 0 Å². The van der Waals surface area contributed by atoms with E-state index in [1.807, 2.05) is 45.9 Å². The quantitative estimate of drug-likeness (QED) is 0.797. The topological polar surface area (TPSA) is 58.6 Å². The van der Waals surface area contributed by atoms with Gasteiger partial charge in [0.1, 0.15) is 5.75 Å². The number of nitrogens with zero attached hydrogens (tertiary/aromatic N) is 1. The van der Waals surface area contributed by atoms with Crippen molar-refractivity contribution in [2.24, 2.45) is 0 Å². The van der Waals surface area contributed by atoms with E-state index in [4.69, 9.17) is 4.74 Å². The van der Waals surface area contributed by atoms with Gasteiger partial charge in [-0.1, -0.05) is 18.2 Å². The van der Waals surface area contributed by atoms with Crippen LogP contribution in [-0.2, 0) is 4.79 Å². The Morgan fingerprint density at radius 1 is 1.00 bits per heavy atom. The lowest BCUT2D eigenvalue weighted by molar-refractivity contribution is -0.122. The highest BCUT2D eigenvalue weighted by atomic mass is 16.5. The highest BCUT2D eigenvalue weighted by Crippen LogP contribution is 2.24. The molecule has 0 aromatic heterocycles. The first kappa shape index (κ1) is 20.5. The second kappa shape index (κ2) is 9.21. The number of hydrogen-bond acceptors (Lipinski definition) is 3. The molecule has 2 rings (SSSR count). The smallest absolute Gasteiger partial charge is 0.265 e. The average Bonchev–Trinajstić information content (AvgIpc) is 2.66. The van der Waals surface area contributed by atoms with Crippen molar-refractivity contribution < 1.29 is 14.3 Å². The highest BCUT2D eigenvalue weighted by Gasteiger charge is 2.17. The van der Waals surface area contributed by atoms with Gasteiger partial charge in [-0.15, -0.1) is 0 Å². The summed E-state index contributed by atoms with van der Waals surface area (Å²) in [5.41, 5.74) is 3.23. The molecule has 0 spiro atoms. The first-order chi connectivity index (χ1) is 12.9. The molecule has 27 heavy (non-hydrogen) atoms. The average molecular weight is 368 g/mol. The van der Waals surface area contributed by atoms with Crippen molar-refractivity contribution in [3.63, 3.8) is 0 Å². The number of benzene rings is 2. The molecule has 0 aliphatic heterocycles. The van der Waals surface area contributed by atoms with Gasteiger partial charge in [0.05, 0.1) is 0 Å². The maximum atomic E-state index is 12.4. The molecule has 2 aromatic rings. The molecule has 2 amide bonds. The summed E-state index contributed by atoms with van der Waals surface area (Å²) in [6, 6.07) is 12.8. The zero-order chi connectivity index (χ0) is 20.0.